The van der Waals surface area contributed by atoms with Gasteiger partial charge >= 0.3 is 0 Å². The van der Waals surface area contributed by atoms with Gasteiger partial charge in [0.15, 0.2) is 5.82 Å². The van der Waals surface area contributed by atoms with Crippen LogP contribution in [0.15, 0.2) is 12.1 Å². The normalized spacial score (nSPS) is 11.3. The van der Waals surface area contributed by atoms with E-state index in [1.165, 1.54) is 0 Å². The van der Waals surface area contributed by atoms with Crippen LogP contribution >= 0.6 is 23.3 Å². The van der Waals surface area contributed by atoms with E-state index in [0.29, 0.717) is 28.6 Å². The standard InChI is InChI=1S/C11H12ClN7S/c1-2-5-13-6-9-14-17-18-19(9)11-7(12)3-4-8-10(11)16-20-15-8/h3-4,13H,2,5-6H2,1H3. The van der Waals surface area contributed by atoms with Crippen LogP contribution in [-0.4, -0.2) is 35.5 Å². The highest BCUT2D eigenvalue weighted by Gasteiger charge is 2.16. The molecule has 0 aliphatic heterocycles. The zero-order chi connectivity index (χ0) is 13.9. The summed E-state index contributed by atoms with van der Waals surface area (Å²) in [4.78, 5) is 0. The number of nitrogens with one attached hydrogen (secondary N) is 1. The van der Waals surface area contributed by atoms with E-state index < -0.39 is 0 Å². The quantitative estimate of drug-likeness (QED) is 0.724. The SMILES string of the molecule is CCCNCc1nnnn1-c1c(Cl)ccc2nsnc12. The number of fused-ring (bicyclic) bond motifs is 1. The summed E-state index contributed by atoms with van der Waals surface area (Å²) >= 11 is 7.43. The molecule has 7 nitrogen and oxygen atoms in total. The lowest BCUT2D eigenvalue weighted by Crippen LogP contribution is -2.18. The average molecular weight is 310 g/mol. The highest BCUT2D eigenvalue weighted by molar-refractivity contribution is 7.00. The second-order valence-corrected chi connectivity index (χ2v) is 5.15. The summed E-state index contributed by atoms with van der Waals surface area (Å²) < 4.78 is 10.1. The van der Waals surface area contributed by atoms with Crippen LogP contribution in [0.3, 0.4) is 0 Å². The van der Waals surface area contributed by atoms with Crippen LogP contribution in [-0.2, 0) is 6.54 Å². The molecule has 0 atom stereocenters. The summed E-state index contributed by atoms with van der Waals surface area (Å²) in [5.41, 5.74) is 2.18. The fourth-order valence-electron chi connectivity index (χ4n) is 1.88. The summed E-state index contributed by atoms with van der Waals surface area (Å²) in [6.07, 6.45) is 1.05. The third-order valence-electron chi connectivity index (χ3n) is 2.81. The topological polar surface area (TPSA) is 81.4 Å². The summed E-state index contributed by atoms with van der Waals surface area (Å²) in [5, 5.41) is 15.6. The van der Waals surface area contributed by atoms with Gasteiger partial charge in [0.25, 0.3) is 0 Å². The molecule has 0 aliphatic rings. The first-order valence-electron chi connectivity index (χ1n) is 6.20. The molecule has 20 heavy (non-hydrogen) atoms. The van der Waals surface area contributed by atoms with Gasteiger partial charge in [-0.2, -0.15) is 13.4 Å². The van der Waals surface area contributed by atoms with Gasteiger partial charge in [-0.25, -0.2) is 0 Å². The highest BCUT2D eigenvalue weighted by Crippen LogP contribution is 2.28. The zero-order valence-electron chi connectivity index (χ0n) is 10.7. The second-order valence-electron chi connectivity index (χ2n) is 4.21. The molecule has 3 rings (SSSR count). The Bertz CT molecular complexity index is 722. The number of benzene rings is 1. The molecule has 0 amide bonds. The predicted molar refractivity (Wildman–Crippen MR) is 77.1 cm³/mol. The zero-order valence-corrected chi connectivity index (χ0v) is 12.3. The van der Waals surface area contributed by atoms with Gasteiger partial charge in [-0.05, 0) is 35.5 Å². The van der Waals surface area contributed by atoms with Crippen LogP contribution in [0.5, 0.6) is 0 Å². The molecule has 0 unspecified atom stereocenters. The van der Waals surface area contributed by atoms with Crippen molar-refractivity contribution in [2.45, 2.75) is 19.9 Å². The highest BCUT2D eigenvalue weighted by atomic mass is 35.5. The molecule has 0 saturated heterocycles. The molecule has 0 radical (unpaired) electrons. The third kappa shape index (κ3) is 2.37. The third-order valence-corrected chi connectivity index (χ3v) is 3.66. The lowest BCUT2D eigenvalue weighted by molar-refractivity contribution is 0.633. The Kier molecular flexibility index (Phi) is 3.86. The number of hydrogen-bond donors (Lipinski definition) is 1. The first kappa shape index (κ1) is 13.3. The molecule has 0 bridgehead atoms. The first-order chi connectivity index (χ1) is 9.81. The molecule has 104 valence electrons. The molecule has 0 saturated carbocycles. The van der Waals surface area contributed by atoms with Crippen LogP contribution in [0.25, 0.3) is 16.7 Å². The van der Waals surface area contributed by atoms with E-state index in [1.54, 1.807) is 10.7 Å². The van der Waals surface area contributed by atoms with Crippen LogP contribution < -0.4 is 5.32 Å². The summed E-state index contributed by atoms with van der Waals surface area (Å²) in [7, 11) is 0. The Hall–Kier alpha value is -1.64. The molecule has 3 aromatic rings. The molecule has 9 heteroatoms. The number of nitrogens with zero attached hydrogens (tertiary/aromatic N) is 6. The number of tetrazole rings is 1. The minimum absolute atomic E-state index is 0.550. The molecule has 1 N–H and O–H groups in total. The minimum atomic E-state index is 0.550. The Labute approximate surface area is 124 Å². The fraction of sp³-hybridized carbons (Fsp3) is 0.364. The number of rotatable bonds is 5. The smallest absolute Gasteiger partial charge is 0.170 e. The van der Waals surface area contributed by atoms with Gasteiger partial charge < -0.3 is 5.32 Å². The Morgan fingerprint density at radius 3 is 3.10 bits per heavy atom. The van der Waals surface area contributed by atoms with Gasteiger partial charge in [-0.15, -0.1) is 5.10 Å². The van der Waals surface area contributed by atoms with E-state index in [-0.39, 0.29) is 0 Å². The Balaban J connectivity index is 2.05. The maximum atomic E-state index is 6.28. The van der Waals surface area contributed by atoms with Gasteiger partial charge in [0.2, 0.25) is 0 Å². The maximum Gasteiger partial charge on any atom is 0.170 e. The summed E-state index contributed by atoms with van der Waals surface area (Å²) in [5.74, 6) is 0.695. The van der Waals surface area contributed by atoms with Gasteiger partial charge in [0.1, 0.15) is 16.7 Å². The predicted octanol–water partition coefficient (Wildman–Crippen LogP) is 1.82. The van der Waals surface area contributed by atoms with Crippen molar-refractivity contribution in [3.8, 4) is 5.69 Å². The monoisotopic (exact) mass is 309 g/mol. The largest absolute Gasteiger partial charge is 0.310 e. The van der Waals surface area contributed by atoms with Crippen LogP contribution in [0.4, 0.5) is 0 Å². The van der Waals surface area contributed by atoms with Crippen molar-refractivity contribution in [1.82, 2.24) is 34.3 Å². The molecular formula is C11H12ClN7S. The van der Waals surface area contributed by atoms with Crippen molar-refractivity contribution >= 4 is 34.4 Å². The van der Waals surface area contributed by atoms with Crippen molar-refractivity contribution in [3.05, 3.63) is 23.0 Å². The number of halogens is 1. The van der Waals surface area contributed by atoms with Gasteiger partial charge in [0, 0.05) is 0 Å². The van der Waals surface area contributed by atoms with Crippen molar-refractivity contribution < 1.29 is 0 Å². The molecule has 0 aliphatic carbocycles. The van der Waals surface area contributed by atoms with Gasteiger partial charge in [-0.1, -0.05) is 18.5 Å². The first-order valence-corrected chi connectivity index (χ1v) is 7.31. The number of hydrogen-bond acceptors (Lipinski definition) is 7. The van der Waals surface area contributed by atoms with Crippen LogP contribution in [0.2, 0.25) is 5.02 Å². The Morgan fingerprint density at radius 1 is 1.35 bits per heavy atom. The van der Waals surface area contributed by atoms with Crippen molar-refractivity contribution in [3.63, 3.8) is 0 Å². The minimum Gasteiger partial charge on any atom is -0.310 e. The van der Waals surface area contributed by atoms with Crippen LogP contribution in [0.1, 0.15) is 19.2 Å². The Morgan fingerprint density at radius 2 is 2.25 bits per heavy atom. The lowest BCUT2D eigenvalue weighted by atomic mass is 10.2. The van der Waals surface area contributed by atoms with E-state index >= 15 is 0 Å². The molecule has 2 heterocycles. The van der Waals surface area contributed by atoms with Crippen molar-refractivity contribution in [2.24, 2.45) is 0 Å². The molecule has 2 aromatic heterocycles. The molecule has 1 aromatic carbocycles. The van der Waals surface area contributed by atoms with E-state index in [0.717, 1.165) is 30.2 Å². The summed E-state index contributed by atoms with van der Waals surface area (Å²) in [6, 6.07) is 3.62. The van der Waals surface area contributed by atoms with Crippen LogP contribution in [0, 0.1) is 0 Å². The second kappa shape index (κ2) is 5.78. The molecule has 0 fully saturated rings. The summed E-state index contributed by atoms with van der Waals surface area (Å²) in [6.45, 7) is 3.59. The molecule has 0 spiro atoms. The number of aromatic nitrogens is 6. The van der Waals surface area contributed by atoms with Gasteiger partial charge in [0.05, 0.1) is 23.3 Å². The van der Waals surface area contributed by atoms with Gasteiger partial charge in [-0.3, -0.25) is 0 Å². The maximum absolute atomic E-state index is 6.28. The van der Waals surface area contributed by atoms with E-state index in [2.05, 4.69) is 36.5 Å². The average Bonchev–Trinajstić information content (AvgIpc) is 3.08. The fourth-order valence-corrected chi connectivity index (χ4v) is 2.65. The van der Waals surface area contributed by atoms with E-state index in [9.17, 15) is 0 Å². The molecular weight excluding hydrogens is 298 g/mol. The van der Waals surface area contributed by atoms with Crippen molar-refractivity contribution in [1.29, 1.82) is 0 Å². The van der Waals surface area contributed by atoms with E-state index in [1.807, 2.05) is 6.07 Å². The van der Waals surface area contributed by atoms with Crippen molar-refractivity contribution in [2.75, 3.05) is 6.54 Å². The lowest BCUT2D eigenvalue weighted by Gasteiger charge is -2.07. The van der Waals surface area contributed by atoms with E-state index in [4.69, 9.17) is 11.6 Å².